The van der Waals surface area contributed by atoms with E-state index >= 15 is 0 Å². The molecule has 1 aromatic carbocycles. The number of rotatable bonds is 3. The highest BCUT2D eigenvalue weighted by Gasteiger charge is 2.17. The van der Waals surface area contributed by atoms with Crippen molar-refractivity contribution in [3.63, 3.8) is 0 Å². The third kappa shape index (κ3) is 2.13. The molecule has 0 fully saturated rings. The predicted octanol–water partition coefficient (Wildman–Crippen LogP) is 3.45. The topological polar surface area (TPSA) is 38.1 Å². The van der Waals surface area contributed by atoms with Crippen LogP contribution in [0.2, 0.25) is 0 Å². The van der Waals surface area contributed by atoms with Gasteiger partial charge in [0.2, 0.25) is 0 Å². The zero-order valence-corrected chi connectivity index (χ0v) is 11.1. The monoisotopic (exact) mass is 252 g/mol. The number of hydrogen-bond acceptors (Lipinski definition) is 3. The van der Waals surface area contributed by atoms with E-state index in [4.69, 9.17) is 4.42 Å². The van der Waals surface area contributed by atoms with E-state index in [1.807, 2.05) is 26.2 Å². The summed E-state index contributed by atoms with van der Waals surface area (Å²) in [5.41, 5.74) is 3.32. The zero-order valence-electron chi connectivity index (χ0n) is 11.1. The summed E-state index contributed by atoms with van der Waals surface area (Å²) in [6.07, 6.45) is 3.64. The predicted molar refractivity (Wildman–Crippen MR) is 76.1 cm³/mol. The van der Waals surface area contributed by atoms with Gasteiger partial charge in [0.25, 0.3) is 0 Å². The van der Waals surface area contributed by atoms with Crippen LogP contribution < -0.4 is 5.32 Å². The van der Waals surface area contributed by atoms with Gasteiger partial charge in [0, 0.05) is 17.1 Å². The maximum absolute atomic E-state index is 5.42. The summed E-state index contributed by atoms with van der Waals surface area (Å²) in [5, 5.41) is 4.49. The number of aromatic nitrogens is 1. The lowest BCUT2D eigenvalue weighted by Gasteiger charge is -2.16. The van der Waals surface area contributed by atoms with Crippen LogP contribution in [0.4, 0.5) is 0 Å². The van der Waals surface area contributed by atoms with Gasteiger partial charge in [-0.2, -0.15) is 0 Å². The molecular formula is C16H16N2O. The van der Waals surface area contributed by atoms with Crippen molar-refractivity contribution in [1.29, 1.82) is 0 Å². The van der Waals surface area contributed by atoms with E-state index in [0.717, 1.165) is 22.2 Å². The van der Waals surface area contributed by atoms with Crippen molar-refractivity contribution in [2.24, 2.45) is 0 Å². The minimum absolute atomic E-state index is 0.0936. The third-order valence-corrected chi connectivity index (χ3v) is 3.35. The van der Waals surface area contributed by atoms with Crippen LogP contribution in [0.5, 0.6) is 0 Å². The van der Waals surface area contributed by atoms with Gasteiger partial charge in [-0.25, -0.2) is 0 Å². The molecule has 0 aliphatic carbocycles. The molecule has 3 heteroatoms. The Morgan fingerprint density at radius 2 is 2.05 bits per heavy atom. The lowest BCUT2D eigenvalue weighted by atomic mass is 9.98. The van der Waals surface area contributed by atoms with Gasteiger partial charge in [-0.15, -0.1) is 0 Å². The number of nitrogens with zero attached hydrogens (tertiary/aromatic N) is 1. The Hall–Kier alpha value is -2.13. The Balaban J connectivity index is 2.16. The van der Waals surface area contributed by atoms with Gasteiger partial charge in [0.1, 0.15) is 5.76 Å². The maximum Gasteiger partial charge on any atom is 0.101 e. The molecule has 1 unspecified atom stereocenters. The molecule has 3 rings (SSSR count). The Morgan fingerprint density at radius 3 is 2.79 bits per heavy atom. The van der Waals surface area contributed by atoms with Crippen molar-refractivity contribution in [2.75, 3.05) is 7.05 Å². The van der Waals surface area contributed by atoms with E-state index in [1.54, 1.807) is 6.26 Å². The highest BCUT2D eigenvalue weighted by molar-refractivity contribution is 5.82. The molecule has 3 aromatic rings. The average Bonchev–Trinajstić information content (AvgIpc) is 2.86. The van der Waals surface area contributed by atoms with Gasteiger partial charge < -0.3 is 9.73 Å². The Labute approximate surface area is 112 Å². The summed E-state index contributed by atoms with van der Waals surface area (Å²) in [6.45, 7) is 1.96. The fourth-order valence-electron chi connectivity index (χ4n) is 2.48. The summed E-state index contributed by atoms with van der Waals surface area (Å²) in [5.74, 6) is 0.920. The number of nitrogens with one attached hydrogen (secondary N) is 1. The van der Waals surface area contributed by atoms with Crippen molar-refractivity contribution >= 4 is 10.9 Å². The van der Waals surface area contributed by atoms with Crippen LogP contribution in [0.15, 0.2) is 53.3 Å². The van der Waals surface area contributed by atoms with E-state index in [9.17, 15) is 0 Å². The Kier molecular flexibility index (Phi) is 3.05. The van der Waals surface area contributed by atoms with Crippen molar-refractivity contribution in [1.82, 2.24) is 10.3 Å². The summed E-state index contributed by atoms with van der Waals surface area (Å²) in [4.78, 5) is 4.51. The molecule has 1 N–H and O–H groups in total. The number of para-hydroxylation sites is 1. The van der Waals surface area contributed by atoms with Crippen molar-refractivity contribution in [3.8, 4) is 0 Å². The molecule has 0 amide bonds. The summed E-state index contributed by atoms with van der Waals surface area (Å²) < 4.78 is 5.42. The summed E-state index contributed by atoms with van der Waals surface area (Å²) >= 11 is 0. The Bertz CT molecular complexity index is 697. The maximum atomic E-state index is 5.42. The summed E-state index contributed by atoms with van der Waals surface area (Å²) in [6, 6.07) is 12.5. The van der Waals surface area contributed by atoms with Crippen LogP contribution in [0.3, 0.4) is 0 Å². The molecule has 2 aromatic heterocycles. The minimum Gasteiger partial charge on any atom is -0.469 e. The molecule has 0 saturated heterocycles. The molecular weight excluding hydrogens is 236 g/mol. The molecule has 19 heavy (non-hydrogen) atoms. The number of hydrogen-bond donors (Lipinski definition) is 1. The quantitative estimate of drug-likeness (QED) is 0.776. The molecule has 3 nitrogen and oxygen atoms in total. The second-order valence-corrected chi connectivity index (χ2v) is 4.63. The molecule has 0 radical (unpaired) electrons. The molecule has 0 bridgehead atoms. The number of pyridine rings is 1. The minimum atomic E-state index is 0.0936. The van der Waals surface area contributed by atoms with Gasteiger partial charge in [-0.1, -0.05) is 24.3 Å². The van der Waals surface area contributed by atoms with Crippen molar-refractivity contribution in [2.45, 2.75) is 13.0 Å². The fourth-order valence-corrected chi connectivity index (χ4v) is 2.48. The lowest BCUT2D eigenvalue weighted by Crippen LogP contribution is -2.17. The lowest BCUT2D eigenvalue weighted by molar-refractivity contribution is 0.528. The normalized spacial score (nSPS) is 12.7. The largest absolute Gasteiger partial charge is 0.469 e. The van der Waals surface area contributed by atoms with Crippen LogP contribution in [-0.2, 0) is 0 Å². The average molecular weight is 252 g/mol. The smallest absolute Gasteiger partial charge is 0.101 e. The van der Waals surface area contributed by atoms with E-state index in [-0.39, 0.29) is 6.04 Å². The first-order valence-corrected chi connectivity index (χ1v) is 6.35. The highest BCUT2D eigenvalue weighted by atomic mass is 16.3. The van der Waals surface area contributed by atoms with Crippen LogP contribution in [0.1, 0.15) is 22.9 Å². The SMILES string of the molecule is CNC(c1coc(C)c1)c1cccc2cccnc12. The molecule has 1 atom stereocenters. The Morgan fingerprint density at radius 1 is 1.21 bits per heavy atom. The first-order valence-electron chi connectivity index (χ1n) is 6.35. The van der Waals surface area contributed by atoms with Gasteiger partial charge in [-0.3, -0.25) is 4.98 Å². The standard InChI is InChI=1S/C16H16N2O/c1-11-9-13(10-19-11)15(17-2)14-7-3-5-12-6-4-8-18-16(12)14/h3-10,15,17H,1-2H3. The summed E-state index contributed by atoms with van der Waals surface area (Å²) in [7, 11) is 1.95. The number of aryl methyl sites for hydroxylation is 1. The van der Waals surface area contributed by atoms with E-state index in [0.29, 0.717) is 0 Å². The molecule has 2 heterocycles. The van der Waals surface area contributed by atoms with Crippen molar-refractivity contribution in [3.05, 3.63) is 65.7 Å². The third-order valence-electron chi connectivity index (χ3n) is 3.35. The zero-order chi connectivity index (χ0) is 13.2. The first-order chi connectivity index (χ1) is 9.29. The number of benzene rings is 1. The molecule has 96 valence electrons. The van der Waals surface area contributed by atoms with E-state index in [2.05, 4.69) is 40.6 Å². The molecule has 0 aliphatic rings. The van der Waals surface area contributed by atoms with Crippen LogP contribution in [-0.4, -0.2) is 12.0 Å². The second-order valence-electron chi connectivity index (χ2n) is 4.63. The van der Waals surface area contributed by atoms with Crippen LogP contribution in [0.25, 0.3) is 10.9 Å². The van der Waals surface area contributed by atoms with Gasteiger partial charge in [-0.05, 0) is 31.7 Å². The molecule has 0 spiro atoms. The number of furan rings is 1. The van der Waals surface area contributed by atoms with E-state index < -0.39 is 0 Å². The van der Waals surface area contributed by atoms with Crippen molar-refractivity contribution < 1.29 is 4.42 Å². The molecule has 0 saturated carbocycles. The van der Waals surface area contributed by atoms with Crippen LogP contribution in [0, 0.1) is 6.92 Å². The molecule has 0 aliphatic heterocycles. The van der Waals surface area contributed by atoms with Gasteiger partial charge in [0.15, 0.2) is 0 Å². The number of fused-ring (bicyclic) bond motifs is 1. The van der Waals surface area contributed by atoms with Gasteiger partial charge >= 0.3 is 0 Å². The van der Waals surface area contributed by atoms with Crippen LogP contribution >= 0.6 is 0 Å². The fraction of sp³-hybridized carbons (Fsp3) is 0.188. The van der Waals surface area contributed by atoms with E-state index in [1.165, 1.54) is 5.56 Å². The highest BCUT2D eigenvalue weighted by Crippen LogP contribution is 2.28. The first kappa shape index (κ1) is 11.9. The van der Waals surface area contributed by atoms with Gasteiger partial charge in [0.05, 0.1) is 17.8 Å². The second kappa shape index (κ2) is 4.86.